The lowest BCUT2D eigenvalue weighted by Crippen LogP contribution is -2.23. The molecule has 0 aliphatic heterocycles. The van der Waals surface area contributed by atoms with Gasteiger partial charge in [0.2, 0.25) is 0 Å². The van der Waals surface area contributed by atoms with Crippen LogP contribution in [0.5, 0.6) is 0 Å². The number of unbranched alkanes of at least 4 members (excludes halogenated alkanes) is 52. The van der Waals surface area contributed by atoms with E-state index in [0.29, 0.717) is 12.2 Å². The normalized spacial score (nSPS) is 12.7. The molecule has 1 heteroatoms. The lowest BCUT2D eigenvalue weighted by Gasteiger charge is -2.26. The summed E-state index contributed by atoms with van der Waals surface area (Å²) in [6.07, 6.45) is 87.6. The summed E-state index contributed by atoms with van der Waals surface area (Å²) >= 11 is 0. The molecule has 0 aliphatic rings. The van der Waals surface area contributed by atoms with Crippen LogP contribution in [0.4, 0.5) is 0 Å². The summed E-state index contributed by atoms with van der Waals surface area (Å²) in [5.74, 6) is 0. The molecule has 67 heavy (non-hydrogen) atoms. The minimum atomic E-state index is 0.514. The molecule has 2 unspecified atom stereocenters. The lowest BCUT2D eigenvalue weighted by atomic mass is 9.99. The van der Waals surface area contributed by atoms with Crippen molar-refractivity contribution in [1.29, 1.82) is 0 Å². The second-order valence-corrected chi connectivity index (χ2v) is 22.9. The monoisotopic (exact) mass is 943 g/mol. The van der Waals surface area contributed by atoms with Gasteiger partial charge in [0, 0.05) is 0 Å². The Bertz CT molecular complexity index is 754. The summed E-state index contributed by atoms with van der Waals surface area (Å²) in [5.41, 5.74) is 0. The van der Waals surface area contributed by atoms with E-state index in [1.54, 1.807) is 0 Å². The minimum absolute atomic E-state index is 0.514. The van der Waals surface area contributed by atoms with Crippen LogP contribution in [0.3, 0.4) is 0 Å². The van der Waals surface area contributed by atoms with Crippen LogP contribution in [-0.2, 0) is 4.74 Å². The number of rotatable bonds is 62. The first-order valence-corrected chi connectivity index (χ1v) is 32.9. The van der Waals surface area contributed by atoms with E-state index in [0.717, 1.165) is 0 Å². The van der Waals surface area contributed by atoms with E-state index >= 15 is 0 Å². The van der Waals surface area contributed by atoms with Gasteiger partial charge in [-0.3, -0.25) is 0 Å². The highest BCUT2D eigenvalue weighted by atomic mass is 16.5. The number of hydrogen-bond donors (Lipinski definition) is 0. The Morgan fingerprint density at radius 1 is 0.149 bits per heavy atom. The predicted molar refractivity (Wildman–Crippen MR) is 308 cm³/mol. The first-order valence-electron chi connectivity index (χ1n) is 32.9. The van der Waals surface area contributed by atoms with E-state index < -0.39 is 0 Å². The average molecular weight is 944 g/mol. The molecule has 0 radical (unpaired) electrons. The van der Waals surface area contributed by atoms with Crippen molar-refractivity contribution in [2.24, 2.45) is 0 Å². The van der Waals surface area contributed by atoms with Crippen molar-refractivity contribution in [3.63, 3.8) is 0 Å². The molecule has 0 aromatic heterocycles. The van der Waals surface area contributed by atoms with E-state index in [2.05, 4.69) is 27.7 Å². The van der Waals surface area contributed by atoms with Gasteiger partial charge in [-0.25, -0.2) is 0 Å². The first kappa shape index (κ1) is 67.0. The Morgan fingerprint density at radius 3 is 0.373 bits per heavy atom. The molecular formula is C66H134O. The average Bonchev–Trinajstić information content (AvgIpc) is 3.34. The van der Waals surface area contributed by atoms with Crippen LogP contribution in [-0.4, -0.2) is 12.2 Å². The quantitative estimate of drug-likeness (QED) is 0.0552. The zero-order valence-corrected chi connectivity index (χ0v) is 48.0. The van der Waals surface area contributed by atoms with Gasteiger partial charge in [0.15, 0.2) is 0 Å². The van der Waals surface area contributed by atoms with E-state index in [4.69, 9.17) is 4.74 Å². The van der Waals surface area contributed by atoms with E-state index in [1.807, 2.05) is 0 Å². The van der Waals surface area contributed by atoms with Gasteiger partial charge in [-0.2, -0.15) is 0 Å². The molecule has 0 N–H and O–H groups in total. The fraction of sp³-hybridized carbons (Fsp3) is 1.00. The second-order valence-electron chi connectivity index (χ2n) is 22.9. The lowest BCUT2D eigenvalue weighted by molar-refractivity contribution is -0.0324. The van der Waals surface area contributed by atoms with Gasteiger partial charge in [0.05, 0.1) is 12.2 Å². The molecule has 0 fully saturated rings. The van der Waals surface area contributed by atoms with Crippen molar-refractivity contribution in [3.8, 4) is 0 Å². The predicted octanol–water partition coefficient (Wildman–Crippen LogP) is 25.2. The first-order chi connectivity index (χ1) is 33.3. The summed E-state index contributed by atoms with van der Waals surface area (Å²) in [5, 5.41) is 0. The molecule has 0 aromatic carbocycles. The van der Waals surface area contributed by atoms with Gasteiger partial charge in [0.1, 0.15) is 0 Å². The molecule has 0 heterocycles. The highest BCUT2D eigenvalue weighted by Crippen LogP contribution is 2.25. The van der Waals surface area contributed by atoms with Crippen LogP contribution in [0.1, 0.15) is 413 Å². The molecule has 0 saturated heterocycles. The third-order valence-corrected chi connectivity index (χ3v) is 15.9. The zero-order valence-electron chi connectivity index (χ0n) is 48.0. The van der Waals surface area contributed by atoms with Crippen LogP contribution in [0, 0.1) is 0 Å². The molecule has 0 spiro atoms. The Labute approximate surface area is 428 Å². The van der Waals surface area contributed by atoms with Crippen molar-refractivity contribution in [3.05, 3.63) is 0 Å². The number of ether oxygens (including phenoxy) is 1. The maximum absolute atomic E-state index is 7.23. The molecule has 0 amide bonds. The fourth-order valence-corrected chi connectivity index (χ4v) is 11.1. The third kappa shape index (κ3) is 58.4. The van der Waals surface area contributed by atoms with Crippen LogP contribution in [0.15, 0.2) is 0 Å². The van der Waals surface area contributed by atoms with Crippen LogP contribution < -0.4 is 0 Å². The van der Waals surface area contributed by atoms with Gasteiger partial charge < -0.3 is 4.74 Å². The topological polar surface area (TPSA) is 9.23 Å². The zero-order chi connectivity index (χ0) is 48.3. The van der Waals surface area contributed by atoms with Crippen LogP contribution >= 0.6 is 0 Å². The van der Waals surface area contributed by atoms with Gasteiger partial charge in [-0.05, 0) is 25.7 Å². The molecule has 0 aromatic rings. The SMILES string of the molecule is CCCCCCCCCCCCCCCCCCCCCCCC(CCCCCCCCC)OC(CCCCCCCCC)CCCCCCCCCCCCCCCCCCCCCCC. The summed E-state index contributed by atoms with van der Waals surface area (Å²) < 4.78 is 7.23. The highest BCUT2D eigenvalue weighted by Gasteiger charge is 2.17. The molecule has 0 aliphatic carbocycles. The van der Waals surface area contributed by atoms with Gasteiger partial charge in [-0.1, -0.05) is 387 Å². The van der Waals surface area contributed by atoms with Crippen molar-refractivity contribution in [2.45, 2.75) is 425 Å². The van der Waals surface area contributed by atoms with Crippen molar-refractivity contribution < 1.29 is 4.74 Å². The standard InChI is InChI=1S/C66H134O/c1-5-9-13-17-21-23-25-27-29-31-33-35-37-39-41-43-45-47-51-55-59-63-65(61-57-53-49-19-15-11-7-3)67-66(62-58-54-50-20-16-12-8-4)64-60-56-52-48-46-44-42-40-38-36-34-32-30-28-26-24-22-18-14-10-6-2/h65-66H,5-64H2,1-4H3. The fourth-order valence-electron chi connectivity index (χ4n) is 11.1. The third-order valence-electron chi connectivity index (χ3n) is 15.9. The van der Waals surface area contributed by atoms with Crippen LogP contribution in [0.2, 0.25) is 0 Å². The molecule has 0 saturated carbocycles. The molecule has 0 bridgehead atoms. The van der Waals surface area contributed by atoms with E-state index in [-0.39, 0.29) is 0 Å². The summed E-state index contributed by atoms with van der Waals surface area (Å²) in [4.78, 5) is 0. The Morgan fingerprint density at radius 2 is 0.254 bits per heavy atom. The molecule has 0 rings (SSSR count). The van der Waals surface area contributed by atoms with Crippen molar-refractivity contribution in [2.75, 3.05) is 0 Å². The highest BCUT2D eigenvalue weighted by molar-refractivity contribution is 4.68. The van der Waals surface area contributed by atoms with E-state index in [9.17, 15) is 0 Å². The van der Waals surface area contributed by atoms with Gasteiger partial charge in [0.25, 0.3) is 0 Å². The van der Waals surface area contributed by atoms with E-state index in [1.165, 1.54) is 385 Å². The van der Waals surface area contributed by atoms with Crippen molar-refractivity contribution in [1.82, 2.24) is 0 Å². The Hall–Kier alpha value is -0.0400. The minimum Gasteiger partial charge on any atom is -0.375 e. The molecule has 2 atom stereocenters. The number of hydrogen-bond acceptors (Lipinski definition) is 1. The second kappa shape index (κ2) is 62.1. The maximum atomic E-state index is 7.23. The molecule has 404 valence electrons. The summed E-state index contributed by atoms with van der Waals surface area (Å²) in [6, 6.07) is 0. The molecular weight excluding hydrogens is 809 g/mol. The molecule has 1 nitrogen and oxygen atoms in total. The maximum Gasteiger partial charge on any atom is 0.0578 e. The Balaban J connectivity index is 4.37. The smallest absolute Gasteiger partial charge is 0.0578 e. The van der Waals surface area contributed by atoms with Crippen molar-refractivity contribution >= 4 is 0 Å². The largest absolute Gasteiger partial charge is 0.375 e. The van der Waals surface area contributed by atoms with Gasteiger partial charge >= 0.3 is 0 Å². The van der Waals surface area contributed by atoms with Crippen LogP contribution in [0.25, 0.3) is 0 Å². The Kier molecular flexibility index (Phi) is 62.0. The van der Waals surface area contributed by atoms with Gasteiger partial charge in [-0.15, -0.1) is 0 Å². The summed E-state index contributed by atoms with van der Waals surface area (Å²) in [7, 11) is 0. The summed E-state index contributed by atoms with van der Waals surface area (Å²) in [6.45, 7) is 9.32.